The molecule has 4 rings (SSSR count). The number of alkyl halides is 3. The number of nitrogens with zero attached hydrogens (tertiary/aromatic N) is 5. The second kappa shape index (κ2) is 8.14. The van der Waals surface area contributed by atoms with Crippen LogP contribution in [0.25, 0.3) is 5.65 Å². The Hall–Kier alpha value is -3.47. The first-order valence-corrected chi connectivity index (χ1v) is 10.1. The maximum atomic E-state index is 14.0. The minimum absolute atomic E-state index is 0.0738. The van der Waals surface area contributed by atoms with E-state index in [0.717, 1.165) is 6.07 Å². The largest absolute Gasteiger partial charge is 0.433 e. The minimum Gasteiger partial charge on any atom is -0.317 e. The fourth-order valence-electron chi connectivity index (χ4n) is 3.45. The van der Waals surface area contributed by atoms with E-state index in [-0.39, 0.29) is 22.9 Å². The van der Waals surface area contributed by atoms with Gasteiger partial charge in [-0.3, -0.25) is 9.48 Å². The SMILES string of the molecule is Cc1cc(C(F)(F)F)n2nc(C(=O)Nc3c(C)nn(Cc4ccccc4F)c3C)c(Cl)c2n1. The van der Waals surface area contributed by atoms with Crippen molar-refractivity contribution < 1.29 is 22.4 Å². The van der Waals surface area contributed by atoms with Gasteiger partial charge in [-0.2, -0.15) is 23.4 Å². The van der Waals surface area contributed by atoms with Gasteiger partial charge in [-0.25, -0.2) is 13.9 Å². The van der Waals surface area contributed by atoms with E-state index >= 15 is 0 Å². The zero-order valence-corrected chi connectivity index (χ0v) is 18.4. The molecule has 1 N–H and O–H groups in total. The van der Waals surface area contributed by atoms with Gasteiger partial charge in [0.15, 0.2) is 11.3 Å². The molecule has 1 aromatic carbocycles. The van der Waals surface area contributed by atoms with Crippen molar-refractivity contribution in [1.29, 1.82) is 0 Å². The van der Waals surface area contributed by atoms with Crippen LogP contribution in [0.1, 0.15) is 38.8 Å². The molecule has 12 heteroatoms. The summed E-state index contributed by atoms with van der Waals surface area (Å²) < 4.78 is 56.3. The first-order chi connectivity index (χ1) is 15.5. The number of carbonyl (C=O) groups excluding carboxylic acids is 1. The number of amides is 1. The Morgan fingerprint density at radius 3 is 2.52 bits per heavy atom. The molecule has 0 fully saturated rings. The molecule has 0 radical (unpaired) electrons. The smallest absolute Gasteiger partial charge is 0.317 e. The van der Waals surface area contributed by atoms with Gasteiger partial charge in [0, 0.05) is 11.3 Å². The lowest BCUT2D eigenvalue weighted by Crippen LogP contribution is -2.16. The Morgan fingerprint density at radius 2 is 1.85 bits per heavy atom. The molecule has 0 aliphatic rings. The zero-order chi connectivity index (χ0) is 24.1. The number of fused-ring (bicyclic) bond motifs is 1. The van der Waals surface area contributed by atoms with Crippen molar-refractivity contribution in [3.05, 3.63) is 75.2 Å². The van der Waals surface area contributed by atoms with Gasteiger partial charge < -0.3 is 5.32 Å². The van der Waals surface area contributed by atoms with Gasteiger partial charge in [0.2, 0.25) is 0 Å². The molecular formula is C21H17ClF4N6O. The minimum atomic E-state index is -4.73. The van der Waals surface area contributed by atoms with Crippen molar-refractivity contribution in [2.45, 2.75) is 33.5 Å². The third-order valence-electron chi connectivity index (χ3n) is 5.06. The van der Waals surface area contributed by atoms with Crippen LogP contribution < -0.4 is 5.32 Å². The highest BCUT2D eigenvalue weighted by atomic mass is 35.5. The maximum Gasteiger partial charge on any atom is 0.433 e. The molecule has 7 nitrogen and oxygen atoms in total. The predicted octanol–water partition coefficient (Wildman–Crippen LogP) is 4.96. The third-order valence-corrected chi connectivity index (χ3v) is 5.41. The molecule has 3 heterocycles. The second-order valence-electron chi connectivity index (χ2n) is 7.43. The topological polar surface area (TPSA) is 77.1 Å². The van der Waals surface area contributed by atoms with Crippen molar-refractivity contribution in [1.82, 2.24) is 24.4 Å². The van der Waals surface area contributed by atoms with E-state index in [9.17, 15) is 22.4 Å². The number of benzene rings is 1. The molecule has 3 aromatic heterocycles. The number of hydrogen-bond acceptors (Lipinski definition) is 4. The van der Waals surface area contributed by atoms with Gasteiger partial charge in [0.05, 0.1) is 23.6 Å². The highest BCUT2D eigenvalue weighted by molar-refractivity contribution is 6.37. The quantitative estimate of drug-likeness (QED) is 0.419. The lowest BCUT2D eigenvalue weighted by molar-refractivity contribution is -0.142. The Balaban J connectivity index is 1.69. The van der Waals surface area contributed by atoms with Crippen LogP contribution in [-0.4, -0.2) is 30.3 Å². The van der Waals surface area contributed by atoms with E-state index in [1.54, 1.807) is 32.0 Å². The van der Waals surface area contributed by atoms with Crippen molar-refractivity contribution in [2.24, 2.45) is 0 Å². The first-order valence-electron chi connectivity index (χ1n) is 9.69. The summed E-state index contributed by atoms with van der Waals surface area (Å²) >= 11 is 6.19. The Bertz CT molecular complexity index is 1390. The van der Waals surface area contributed by atoms with Crippen LogP contribution in [0, 0.1) is 26.6 Å². The number of anilines is 1. The number of aromatic nitrogens is 5. The van der Waals surface area contributed by atoms with Gasteiger partial charge >= 0.3 is 6.18 Å². The second-order valence-corrected chi connectivity index (χ2v) is 7.81. The van der Waals surface area contributed by atoms with Gasteiger partial charge in [-0.05, 0) is 32.9 Å². The van der Waals surface area contributed by atoms with Crippen LogP contribution in [-0.2, 0) is 12.7 Å². The average Bonchev–Trinajstić information content (AvgIpc) is 3.20. The number of carbonyl (C=O) groups is 1. The van der Waals surface area contributed by atoms with Crippen molar-refractivity contribution in [3.8, 4) is 0 Å². The number of nitrogens with one attached hydrogen (secondary N) is 1. The molecule has 172 valence electrons. The fourth-order valence-corrected chi connectivity index (χ4v) is 3.70. The van der Waals surface area contributed by atoms with Gasteiger partial charge in [0.1, 0.15) is 16.5 Å². The first kappa shape index (κ1) is 22.7. The molecule has 4 aromatic rings. The van der Waals surface area contributed by atoms with E-state index in [1.165, 1.54) is 17.7 Å². The van der Waals surface area contributed by atoms with Crippen LogP contribution in [0.2, 0.25) is 5.02 Å². The maximum absolute atomic E-state index is 14.0. The van der Waals surface area contributed by atoms with E-state index in [4.69, 9.17) is 11.6 Å². The third kappa shape index (κ3) is 4.15. The van der Waals surface area contributed by atoms with Crippen LogP contribution in [0.3, 0.4) is 0 Å². The zero-order valence-electron chi connectivity index (χ0n) is 17.6. The Morgan fingerprint density at radius 1 is 1.15 bits per heavy atom. The normalized spacial score (nSPS) is 11.9. The van der Waals surface area contributed by atoms with Crippen LogP contribution in [0.5, 0.6) is 0 Å². The molecule has 0 atom stereocenters. The summed E-state index contributed by atoms with van der Waals surface area (Å²) in [6, 6.07) is 7.04. The lowest BCUT2D eigenvalue weighted by atomic mass is 10.2. The van der Waals surface area contributed by atoms with Crippen molar-refractivity contribution in [3.63, 3.8) is 0 Å². The van der Waals surface area contributed by atoms with Crippen molar-refractivity contribution in [2.75, 3.05) is 5.32 Å². The molecule has 1 amide bonds. The molecule has 33 heavy (non-hydrogen) atoms. The van der Waals surface area contributed by atoms with Gasteiger partial charge in [0.25, 0.3) is 5.91 Å². The molecule has 0 saturated heterocycles. The molecule has 0 saturated carbocycles. The molecule has 0 aliphatic carbocycles. The average molecular weight is 481 g/mol. The van der Waals surface area contributed by atoms with Gasteiger partial charge in [-0.15, -0.1) is 0 Å². The highest BCUT2D eigenvalue weighted by Crippen LogP contribution is 2.32. The fraction of sp³-hybridized carbons (Fsp3) is 0.238. The molecule has 0 unspecified atom stereocenters. The number of aryl methyl sites for hydroxylation is 2. The molecular weight excluding hydrogens is 464 g/mol. The highest BCUT2D eigenvalue weighted by Gasteiger charge is 2.36. The summed E-state index contributed by atoms with van der Waals surface area (Å²) in [4.78, 5) is 16.9. The van der Waals surface area contributed by atoms with Crippen LogP contribution in [0.4, 0.5) is 23.2 Å². The monoisotopic (exact) mass is 480 g/mol. The summed E-state index contributed by atoms with van der Waals surface area (Å²) in [6.07, 6.45) is -4.73. The number of rotatable bonds is 4. The van der Waals surface area contributed by atoms with E-state index in [1.807, 2.05) is 0 Å². The van der Waals surface area contributed by atoms with E-state index in [0.29, 0.717) is 27.2 Å². The van der Waals surface area contributed by atoms with Crippen LogP contribution >= 0.6 is 11.6 Å². The summed E-state index contributed by atoms with van der Waals surface area (Å²) in [7, 11) is 0. The lowest BCUT2D eigenvalue weighted by Gasteiger charge is -2.09. The molecule has 0 bridgehead atoms. The summed E-state index contributed by atoms with van der Waals surface area (Å²) in [5, 5.41) is 10.4. The van der Waals surface area contributed by atoms with E-state index in [2.05, 4.69) is 20.5 Å². The Labute approximate surface area is 190 Å². The predicted molar refractivity (Wildman–Crippen MR) is 113 cm³/mol. The Kier molecular flexibility index (Phi) is 5.61. The molecule has 0 spiro atoms. The van der Waals surface area contributed by atoms with Gasteiger partial charge in [-0.1, -0.05) is 29.8 Å². The number of hydrogen-bond donors (Lipinski definition) is 1. The number of halogens is 5. The molecule has 0 aliphatic heterocycles. The van der Waals surface area contributed by atoms with E-state index < -0.39 is 29.3 Å². The summed E-state index contributed by atoms with van der Waals surface area (Å²) in [5.41, 5.74) is -0.0365. The summed E-state index contributed by atoms with van der Waals surface area (Å²) in [5.74, 6) is -1.22. The van der Waals surface area contributed by atoms with Crippen molar-refractivity contribution >= 4 is 28.8 Å². The summed E-state index contributed by atoms with van der Waals surface area (Å²) in [6.45, 7) is 4.82. The standard InChI is InChI=1S/C21H17ClF4N6O/c1-10-8-15(21(24,25)26)32-19(27-10)16(22)18(30-32)20(33)28-17-11(2)29-31(12(17)3)9-13-6-4-5-7-14(13)23/h4-8H,9H2,1-3H3,(H,28,33). The van der Waals surface area contributed by atoms with Crippen LogP contribution in [0.15, 0.2) is 30.3 Å².